The summed E-state index contributed by atoms with van der Waals surface area (Å²) in [6.45, 7) is 13.9. The van der Waals surface area contributed by atoms with Gasteiger partial charge >= 0.3 is 5.97 Å². The first-order valence-corrected chi connectivity index (χ1v) is 16.4. The van der Waals surface area contributed by atoms with E-state index in [0.29, 0.717) is 12.0 Å². The molecule has 1 N–H and O–H groups in total. The summed E-state index contributed by atoms with van der Waals surface area (Å²) in [5, 5.41) is 17.3. The smallest absolute Gasteiger partial charge is 0.338 e. The van der Waals surface area contributed by atoms with Crippen LogP contribution >= 0.6 is 11.3 Å². The van der Waals surface area contributed by atoms with Crippen LogP contribution in [-0.2, 0) is 20.4 Å². The van der Waals surface area contributed by atoms with Crippen LogP contribution in [0.25, 0.3) is 10.1 Å². The van der Waals surface area contributed by atoms with Crippen LogP contribution in [0.15, 0.2) is 66.6 Å². The highest BCUT2D eigenvalue weighted by molar-refractivity contribution is 7.17. The normalized spacial score (nSPS) is 13.9. The number of amides is 1. The number of rotatable bonds is 13. The molecule has 0 bridgehead atoms. The fraction of sp³-hybridized carbons (Fsp3) is 0.400. The molecule has 0 aliphatic carbocycles. The van der Waals surface area contributed by atoms with Gasteiger partial charge in [-0.25, -0.2) is 4.79 Å². The molecule has 2 aromatic carbocycles. The van der Waals surface area contributed by atoms with Crippen molar-refractivity contribution >= 4 is 48.0 Å². The molecule has 40 heavy (non-hydrogen) atoms. The van der Waals surface area contributed by atoms with Crippen LogP contribution in [0.4, 0.5) is 5.69 Å². The zero-order chi connectivity index (χ0) is 29.5. The predicted octanol–water partition coefficient (Wildman–Crippen LogP) is 6.71. The van der Waals surface area contributed by atoms with Crippen LogP contribution < -0.4 is 5.32 Å². The van der Waals surface area contributed by atoms with Crippen molar-refractivity contribution in [3.8, 4) is 0 Å². The highest BCUT2D eigenvalue weighted by Gasteiger charge is 2.45. The zero-order valence-electron chi connectivity index (χ0n) is 23.7. The molecule has 0 saturated carbocycles. The fourth-order valence-corrected chi connectivity index (χ4v) is 6.78. The minimum absolute atomic E-state index is 0.0446. The molecule has 2 atom stereocenters. The average molecular weight is 582 g/mol. The molecule has 213 valence electrons. The van der Waals surface area contributed by atoms with E-state index in [1.165, 1.54) is 30.3 Å². The number of non-ortho nitro benzene ring substituents is 1. The number of hydrogen-bond donors (Lipinski definition) is 1. The Kier molecular flexibility index (Phi) is 10.4. The molecule has 3 aromatic rings. The number of nitro benzene ring substituents is 1. The Labute approximate surface area is 241 Å². The fourth-order valence-electron chi connectivity index (χ4n) is 4.80. The molecule has 10 heteroatoms. The Morgan fingerprint density at radius 2 is 1.80 bits per heavy atom. The summed E-state index contributed by atoms with van der Waals surface area (Å²) in [6.07, 6.45) is 2.57. The number of benzene rings is 2. The lowest BCUT2D eigenvalue weighted by atomic mass is 9.81. The van der Waals surface area contributed by atoms with E-state index in [1.807, 2.05) is 37.4 Å². The standard InChI is InChI=1S/C30H37N2O6SSi/c1-7-16-37-28(34)30(38-40(5)6,17-22-20-39-26-11-9-8-10-25(22)26)19-23(18-29(2,3)4)31-27(33)21-12-14-24(15-13-21)32(35)36/h7-15,20,23H,1,16-19H2,2-6H3,(H,31,33)/t23-,30-/m0/s1. The van der Waals surface area contributed by atoms with Crippen LogP contribution in [0.3, 0.4) is 0 Å². The molecule has 0 unspecified atom stereocenters. The minimum Gasteiger partial charge on any atom is -0.459 e. The van der Waals surface area contributed by atoms with Gasteiger partial charge < -0.3 is 14.5 Å². The van der Waals surface area contributed by atoms with Gasteiger partial charge in [0.25, 0.3) is 11.6 Å². The van der Waals surface area contributed by atoms with Gasteiger partial charge in [-0.2, -0.15) is 0 Å². The number of carbonyl (C=O) groups is 2. The van der Waals surface area contributed by atoms with E-state index in [2.05, 4.69) is 38.0 Å². The largest absolute Gasteiger partial charge is 0.459 e. The number of nitro groups is 1. The lowest BCUT2D eigenvalue weighted by Crippen LogP contribution is -2.53. The third-order valence-electron chi connectivity index (χ3n) is 6.25. The monoisotopic (exact) mass is 581 g/mol. The molecule has 1 radical (unpaired) electrons. The maximum absolute atomic E-state index is 13.8. The number of nitrogens with one attached hydrogen (secondary N) is 1. The molecule has 0 saturated heterocycles. The second kappa shape index (κ2) is 13.3. The van der Waals surface area contributed by atoms with E-state index in [4.69, 9.17) is 9.16 Å². The highest BCUT2D eigenvalue weighted by Crippen LogP contribution is 2.35. The van der Waals surface area contributed by atoms with E-state index in [9.17, 15) is 19.7 Å². The molecule has 1 aromatic heterocycles. The Morgan fingerprint density at radius 1 is 1.12 bits per heavy atom. The van der Waals surface area contributed by atoms with Crippen LogP contribution in [-0.4, -0.2) is 44.1 Å². The van der Waals surface area contributed by atoms with E-state index < -0.39 is 31.6 Å². The summed E-state index contributed by atoms with van der Waals surface area (Å²) in [7, 11) is -1.40. The minimum atomic E-state index is -1.40. The van der Waals surface area contributed by atoms with Gasteiger partial charge in [0.1, 0.15) is 6.61 Å². The number of hydrogen-bond acceptors (Lipinski definition) is 7. The summed E-state index contributed by atoms with van der Waals surface area (Å²) >= 11 is 1.61. The van der Waals surface area contributed by atoms with Crippen LogP contribution in [0, 0.1) is 15.5 Å². The number of thiophene rings is 1. The average Bonchev–Trinajstić information content (AvgIpc) is 3.28. The van der Waals surface area contributed by atoms with Gasteiger partial charge in [0.05, 0.1) is 4.92 Å². The Morgan fingerprint density at radius 3 is 2.40 bits per heavy atom. The van der Waals surface area contributed by atoms with Gasteiger partial charge in [0, 0.05) is 41.3 Å². The van der Waals surface area contributed by atoms with Crippen molar-refractivity contribution < 1.29 is 23.7 Å². The first kappa shape index (κ1) is 31.2. The number of carbonyl (C=O) groups excluding carboxylic acids is 2. The summed E-state index contributed by atoms with van der Waals surface area (Å²) in [5.41, 5.74) is -0.349. The zero-order valence-corrected chi connectivity index (χ0v) is 25.5. The van der Waals surface area contributed by atoms with Crippen LogP contribution in [0.5, 0.6) is 0 Å². The van der Waals surface area contributed by atoms with E-state index in [-0.39, 0.29) is 36.5 Å². The van der Waals surface area contributed by atoms with Crippen molar-refractivity contribution in [3.63, 3.8) is 0 Å². The number of ether oxygens (including phenoxy) is 1. The van der Waals surface area contributed by atoms with Gasteiger partial charge in [0.15, 0.2) is 5.60 Å². The SMILES string of the molecule is C=CCOC(=O)[C@](Cc1csc2ccccc12)(C[C@H](CC(C)(C)C)NC(=O)c1ccc([N+](=O)[O-])cc1)O[Si](C)C. The third kappa shape index (κ3) is 8.33. The number of esters is 1. The second-order valence-electron chi connectivity index (χ2n) is 11.3. The lowest BCUT2D eigenvalue weighted by Gasteiger charge is -2.38. The first-order valence-electron chi connectivity index (χ1n) is 13.1. The first-order chi connectivity index (χ1) is 18.8. The lowest BCUT2D eigenvalue weighted by molar-refractivity contribution is -0.384. The van der Waals surface area contributed by atoms with Gasteiger partial charge in [-0.1, -0.05) is 51.6 Å². The van der Waals surface area contributed by atoms with Crippen molar-refractivity contribution in [3.05, 3.63) is 87.8 Å². The van der Waals surface area contributed by atoms with Crippen LogP contribution in [0.1, 0.15) is 49.5 Å². The van der Waals surface area contributed by atoms with Crippen molar-refractivity contribution in [2.75, 3.05) is 6.61 Å². The molecule has 0 spiro atoms. The van der Waals surface area contributed by atoms with Gasteiger partial charge in [-0.05, 0) is 59.5 Å². The molecule has 0 aliphatic heterocycles. The topological polar surface area (TPSA) is 108 Å². The van der Waals surface area contributed by atoms with Crippen LogP contribution in [0.2, 0.25) is 13.1 Å². The molecule has 8 nitrogen and oxygen atoms in total. The maximum atomic E-state index is 13.8. The second-order valence-corrected chi connectivity index (χ2v) is 14.2. The molecule has 0 fully saturated rings. The third-order valence-corrected chi connectivity index (χ3v) is 8.06. The highest BCUT2D eigenvalue weighted by atomic mass is 32.1. The summed E-state index contributed by atoms with van der Waals surface area (Å²) in [4.78, 5) is 37.7. The summed E-state index contributed by atoms with van der Waals surface area (Å²) in [6, 6.07) is 13.1. The Balaban J connectivity index is 2.02. The van der Waals surface area contributed by atoms with E-state index >= 15 is 0 Å². The Bertz CT molecular complexity index is 1350. The molecule has 1 amide bonds. The van der Waals surface area contributed by atoms with Crippen molar-refractivity contribution in [1.29, 1.82) is 0 Å². The number of fused-ring (bicyclic) bond motifs is 1. The van der Waals surface area contributed by atoms with E-state index in [0.717, 1.165) is 15.6 Å². The van der Waals surface area contributed by atoms with Crippen molar-refractivity contribution in [2.45, 2.75) is 64.8 Å². The molecule has 0 aliphatic rings. The Hall–Kier alpha value is -3.34. The number of nitrogens with zero attached hydrogens (tertiary/aromatic N) is 1. The van der Waals surface area contributed by atoms with Gasteiger partial charge in [-0.15, -0.1) is 11.3 Å². The molecule has 1 heterocycles. The summed E-state index contributed by atoms with van der Waals surface area (Å²) < 4.78 is 13.3. The van der Waals surface area contributed by atoms with Gasteiger partial charge in [-0.3, -0.25) is 14.9 Å². The van der Waals surface area contributed by atoms with Crippen molar-refractivity contribution in [2.24, 2.45) is 5.41 Å². The molecular formula is C30H37N2O6SSi. The molecule has 3 rings (SSSR count). The predicted molar refractivity (Wildman–Crippen MR) is 161 cm³/mol. The van der Waals surface area contributed by atoms with Gasteiger partial charge in [0.2, 0.25) is 9.04 Å². The molecular weight excluding hydrogens is 544 g/mol. The quantitative estimate of drug-likeness (QED) is 0.0790. The summed E-state index contributed by atoms with van der Waals surface area (Å²) in [5.74, 6) is -0.866. The van der Waals surface area contributed by atoms with Crippen molar-refractivity contribution in [1.82, 2.24) is 5.32 Å². The van der Waals surface area contributed by atoms with E-state index in [1.54, 1.807) is 11.3 Å². The maximum Gasteiger partial charge on any atom is 0.338 e.